The number of nitrogens with zero attached hydrogens (tertiary/aromatic N) is 4. The second kappa shape index (κ2) is 12.2. The first-order chi connectivity index (χ1) is 19.4. The van der Waals surface area contributed by atoms with Crippen molar-refractivity contribution in [1.29, 1.82) is 0 Å². The van der Waals surface area contributed by atoms with E-state index in [0.29, 0.717) is 42.6 Å². The standard InChI is InChI=1S/C30H30ClN5O4/c31-24-10-12-26(34-16-18-35(19-17-34)29(37)13-8-22-6-2-1-3-7-22)25(21-24)32-30(38)23-9-11-27(28(20-23)36(39)40)33-14-4-5-15-33/h1-3,6-13,20-21H,4-5,14-19H2,(H,32,38)/b13-8+. The van der Waals surface area contributed by atoms with Crippen LogP contribution in [0.4, 0.5) is 22.7 Å². The summed E-state index contributed by atoms with van der Waals surface area (Å²) in [5, 5.41) is 15.1. The Kier molecular flexibility index (Phi) is 8.31. The average molecular weight is 560 g/mol. The predicted octanol–water partition coefficient (Wildman–Crippen LogP) is 5.46. The van der Waals surface area contributed by atoms with E-state index in [1.54, 1.807) is 35.2 Å². The molecule has 2 saturated heterocycles. The van der Waals surface area contributed by atoms with Gasteiger partial charge in [-0.2, -0.15) is 0 Å². The predicted molar refractivity (Wildman–Crippen MR) is 158 cm³/mol. The molecule has 2 aliphatic heterocycles. The van der Waals surface area contributed by atoms with Crippen LogP contribution in [0, 0.1) is 10.1 Å². The highest BCUT2D eigenvalue weighted by molar-refractivity contribution is 6.31. The molecule has 1 N–H and O–H groups in total. The van der Waals surface area contributed by atoms with Gasteiger partial charge in [0.05, 0.1) is 16.3 Å². The molecule has 0 bridgehead atoms. The Morgan fingerprint density at radius 3 is 2.23 bits per heavy atom. The molecule has 10 heteroatoms. The summed E-state index contributed by atoms with van der Waals surface area (Å²) in [6.45, 7) is 3.73. The van der Waals surface area contributed by atoms with Crippen LogP contribution in [0.25, 0.3) is 6.08 Å². The van der Waals surface area contributed by atoms with Crippen molar-refractivity contribution in [3.63, 3.8) is 0 Å². The number of benzene rings is 3. The van der Waals surface area contributed by atoms with Gasteiger partial charge in [-0.15, -0.1) is 0 Å². The lowest BCUT2D eigenvalue weighted by molar-refractivity contribution is -0.384. The highest BCUT2D eigenvalue weighted by atomic mass is 35.5. The van der Waals surface area contributed by atoms with Crippen molar-refractivity contribution in [2.45, 2.75) is 12.8 Å². The molecule has 0 unspecified atom stereocenters. The number of carbonyl (C=O) groups is 2. The third kappa shape index (κ3) is 6.26. The number of halogens is 1. The largest absolute Gasteiger partial charge is 0.366 e. The summed E-state index contributed by atoms with van der Waals surface area (Å²) in [6, 6.07) is 19.5. The zero-order valence-corrected chi connectivity index (χ0v) is 22.7. The van der Waals surface area contributed by atoms with Crippen molar-refractivity contribution >= 4 is 52.2 Å². The molecule has 0 saturated carbocycles. The van der Waals surface area contributed by atoms with Gasteiger partial charge in [-0.05, 0) is 54.8 Å². The zero-order valence-electron chi connectivity index (χ0n) is 22.0. The Bertz CT molecular complexity index is 1430. The van der Waals surface area contributed by atoms with Gasteiger partial charge in [0.25, 0.3) is 11.6 Å². The SMILES string of the molecule is O=C(Nc1cc(Cl)ccc1N1CCN(C(=O)/C=C/c2ccccc2)CC1)c1ccc(N2CCCC2)c([N+](=O)[O-])c1. The van der Waals surface area contributed by atoms with E-state index in [1.165, 1.54) is 6.07 Å². The van der Waals surface area contributed by atoms with Gasteiger partial charge in [-0.1, -0.05) is 41.9 Å². The molecule has 2 fully saturated rings. The number of nitrogens with one attached hydrogen (secondary N) is 1. The van der Waals surface area contributed by atoms with Crippen LogP contribution in [0.5, 0.6) is 0 Å². The summed E-state index contributed by atoms with van der Waals surface area (Å²) in [4.78, 5) is 43.2. The number of carbonyl (C=O) groups excluding carboxylic acids is 2. The Hall–Kier alpha value is -4.37. The van der Waals surface area contributed by atoms with Gasteiger partial charge < -0.3 is 20.0 Å². The van der Waals surface area contributed by atoms with Crippen LogP contribution in [-0.4, -0.2) is 60.9 Å². The molecular weight excluding hydrogens is 530 g/mol. The second-order valence-electron chi connectivity index (χ2n) is 9.83. The summed E-state index contributed by atoms with van der Waals surface area (Å²) in [7, 11) is 0. The Balaban J connectivity index is 1.27. The summed E-state index contributed by atoms with van der Waals surface area (Å²) in [6.07, 6.45) is 5.38. The molecule has 5 rings (SSSR count). The van der Waals surface area contributed by atoms with Crippen LogP contribution in [0.3, 0.4) is 0 Å². The van der Waals surface area contributed by atoms with Crippen molar-refractivity contribution in [3.05, 3.63) is 99.1 Å². The molecule has 9 nitrogen and oxygen atoms in total. The number of anilines is 3. The fourth-order valence-electron chi connectivity index (χ4n) is 5.12. The van der Waals surface area contributed by atoms with Gasteiger partial charge in [0.1, 0.15) is 5.69 Å². The van der Waals surface area contributed by atoms with Gasteiger partial charge >= 0.3 is 0 Å². The van der Waals surface area contributed by atoms with Crippen LogP contribution >= 0.6 is 11.6 Å². The van der Waals surface area contributed by atoms with Gasteiger partial charge in [-0.25, -0.2) is 0 Å². The summed E-state index contributed by atoms with van der Waals surface area (Å²) in [5.74, 6) is -0.508. The Morgan fingerprint density at radius 1 is 0.850 bits per heavy atom. The van der Waals surface area contributed by atoms with E-state index in [-0.39, 0.29) is 17.2 Å². The Labute approximate surface area is 237 Å². The molecular formula is C30H30ClN5O4. The van der Waals surface area contributed by atoms with Crippen LogP contribution in [-0.2, 0) is 4.79 Å². The first-order valence-electron chi connectivity index (χ1n) is 13.3. The lowest BCUT2D eigenvalue weighted by atomic mass is 10.1. The van der Waals surface area contributed by atoms with Crippen LogP contribution < -0.4 is 15.1 Å². The van der Waals surface area contributed by atoms with E-state index in [2.05, 4.69) is 10.2 Å². The van der Waals surface area contributed by atoms with E-state index in [0.717, 1.165) is 37.2 Å². The van der Waals surface area contributed by atoms with E-state index in [4.69, 9.17) is 11.6 Å². The molecule has 3 aromatic rings. The number of hydrogen-bond donors (Lipinski definition) is 1. The van der Waals surface area contributed by atoms with Crippen LogP contribution in [0.2, 0.25) is 5.02 Å². The summed E-state index contributed by atoms with van der Waals surface area (Å²) < 4.78 is 0. The van der Waals surface area contributed by atoms with Crippen molar-refractivity contribution in [3.8, 4) is 0 Å². The van der Waals surface area contributed by atoms with Crippen molar-refractivity contribution in [2.24, 2.45) is 0 Å². The molecule has 0 aromatic heterocycles. The molecule has 0 atom stereocenters. The number of piperazine rings is 1. The maximum atomic E-state index is 13.2. The average Bonchev–Trinajstić information content (AvgIpc) is 3.51. The maximum absolute atomic E-state index is 13.2. The molecule has 2 heterocycles. The lowest BCUT2D eigenvalue weighted by Crippen LogP contribution is -2.48. The minimum absolute atomic E-state index is 0.0490. The van der Waals surface area contributed by atoms with E-state index in [1.807, 2.05) is 47.4 Å². The van der Waals surface area contributed by atoms with E-state index >= 15 is 0 Å². The quantitative estimate of drug-likeness (QED) is 0.234. The highest BCUT2D eigenvalue weighted by Gasteiger charge is 2.25. The number of amides is 2. The van der Waals surface area contributed by atoms with Crippen molar-refractivity contribution in [1.82, 2.24) is 4.90 Å². The fraction of sp³-hybridized carbons (Fsp3) is 0.267. The van der Waals surface area contributed by atoms with E-state index in [9.17, 15) is 19.7 Å². The van der Waals surface area contributed by atoms with Gasteiger partial charge in [0.15, 0.2) is 0 Å². The monoisotopic (exact) mass is 559 g/mol. The third-order valence-corrected chi connectivity index (χ3v) is 7.47. The number of nitro groups is 1. The maximum Gasteiger partial charge on any atom is 0.293 e. The van der Waals surface area contributed by atoms with E-state index < -0.39 is 10.8 Å². The molecule has 3 aromatic carbocycles. The van der Waals surface area contributed by atoms with Gasteiger partial charge in [0.2, 0.25) is 5.91 Å². The molecule has 0 aliphatic carbocycles. The first kappa shape index (κ1) is 27.2. The zero-order chi connectivity index (χ0) is 28.1. The first-order valence-corrected chi connectivity index (χ1v) is 13.7. The third-order valence-electron chi connectivity index (χ3n) is 7.24. The summed E-state index contributed by atoms with van der Waals surface area (Å²) >= 11 is 6.27. The smallest absolute Gasteiger partial charge is 0.293 e. The molecule has 2 amide bonds. The number of rotatable bonds is 7. The normalized spacial score (nSPS) is 15.5. The fourth-order valence-corrected chi connectivity index (χ4v) is 5.29. The highest BCUT2D eigenvalue weighted by Crippen LogP contribution is 2.34. The van der Waals surface area contributed by atoms with Gasteiger partial charge in [0, 0.05) is 62.0 Å². The molecule has 2 aliphatic rings. The number of nitro benzene ring substituents is 1. The van der Waals surface area contributed by atoms with Crippen molar-refractivity contribution < 1.29 is 14.5 Å². The van der Waals surface area contributed by atoms with Crippen molar-refractivity contribution in [2.75, 3.05) is 54.4 Å². The second-order valence-corrected chi connectivity index (χ2v) is 10.3. The van der Waals surface area contributed by atoms with Crippen LogP contribution in [0.1, 0.15) is 28.8 Å². The molecule has 0 radical (unpaired) electrons. The minimum Gasteiger partial charge on any atom is -0.366 e. The topological polar surface area (TPSA) is 99.0 Å². The van der Waals surface area contributed by atoms with Gasteiger partial charge in [-0.3, -0.25) is 19.7 Å². The molecule has 206 valence electrons. The number of hydrogen-bond acceptors (Lipinski definition) is 6. The summed E-state index contributed by atoms with van der Waals surface area (Å²) in [5.41, 5.74) is 2.89. The minimum atomic E-state index is -0.459. The molecule has 40 heavy (non-hydrogen) atoms. The lowest BCUT2D eigenvalue weighted by Gasteiger charge is -2.36. The molecule has 0 spiro atoms. The Morgan fingerprint density at radius 2 is 1.52 bits per heavy atom. The van der Waals surface area contributed by atoms with Crippen LogP contribution in [0.15, 0.2) is 72.8 Å².